The van der Waals surface area contributed by atoms with E-state index in [1.807, 2.05) is 0 Å². The molecule has 2 nitrogen and oxygen atoms in total. The maximum absolute atomic E-state index is 12.8. The van der Waals surface area contributed by atoms with Crippen molar-refractivity contribution < 1.29 is 23.1 Å². The predicted molar refractivity (Wildman–Crippen MR) is 71.1 cm³/mol. The zero-order valence-electron chi connectivity index (χ0n) is 9.98. The topological polar surface area (TPSA) is 37.3 Å². The van der Waals surface area contributed by atoms with Crippen molar-refractivity contribution in [3.8, 4) is 11.1 Å². The van der Waals surface area contributed by atoms with E-state index in [9.17, 15) is 18.0 Å². The number of aromatic carboxylic acids is 1. The van der Waals surface area contributed by atoms with Crippen LogP contribution in [0.2, 0.25) is 0 Å². The van der Waals surface area contributed by atoms with Gasteiger partial charge in [-0.25, -0.2) is 4.79 Å². The lowest BCUT2D eigenvalue weighted by molar-refractivity contribution is -0.138. The molecular weight excluding hydrogens is 289 g/mol. The van der Waals surface area contributed by atoms with E-state index < -0.39 is 23.3 Å². The predicted octanol–water partition coefficient (Wildman–Crippen LogP) is 4.36. The average molecular weight is 298 g/mol. The molecule has 2 aromatic carbocycles. The van der Waals surface area contributed by atoms with Gasteiger partial charge in [-0.05, 0) is 17.2 Å². The normalized spacial score (nSPS) is 11.4. The molecule has 0 saturated carbocycles. The zero-order valence-corrected chi connectivity index (χ0v) is 10.9. The fourth-order valence-electron chi connectivity index (χ4n) is 1.89. The summed E-state index contributed by atoms with van der Waals surface area (Å²) in [5.41, 5.74) is -1.08. The number of thiol groups is 1. The van der Waals surface area contributed by atoms with Gasteiger partial charge in [0.05, 0.1) is 11.1 Å². The van der Waals surface area contributed by atoms with E-state index in [2.05, 4.69) is 12.6 Å². The largest absolute Gasteiger partial charge is 0.478 e. The highest BCUT2D eigenvalue weighted by atomic mass is 32.1. The molecule has 0 bridgehead atoms. The van der Waals surface area contributed by atoms with Gasteiger partial charge in [-0.15, -0.1) is 12.6 Å². The molecule has 0 heterocycles. The van der Waals surface area contributed by atoms with Crippen LogP contribution in [0.25, 0.3) is 11.1 Å². The number of carboxylic acid groups (broad SMARTS) is 1. The van der Waals surface area contributed by atoms with Crippen molar-refractivity contribution in [2.75, 3.05) is 0 Å². The molecule has 0 amide bonds. The smallest absolute Gasteiger partial charge is 0.417 e. The van der Waals surface area contributed by atoms with E-state index in [1.54, 1.807) is 30.3 Å². The Kier molecular flexibility index (Phi) is 3.76. The van der Waals surface area contributed by atoms with Gasteiger partial charge >= 0.3 is 12.1 Å². The van der Waals surface area contributed by atoms with Crippen LogP contribution in [0.1, 0.15) is 15.9 Å². The summed E-state index contributed by atoms with van der Waals surface area (Å²) in [5, 5.41) is 9.03. The molecular formula is C14H9F3O2S. The number of carboxylic acids is 1. The van der Waals surface area contributed by atoms with Gasteiger partial charge in [0.1, 0.15) is 0 Å². The molecule has 0 saturated heterocycles. The van der Waals surface area contributed by atoms with E-state index in [0.717, 1.165) is 6.07 Å². The number of benzene rings is 2. The van der Waals surface area contributed by atoms with Crippen molar-refractivity contribution in [1.82, 2.24) is 0 Å². The number of halogens is 3. The Bertz CT molecular complexity index is 651. The third-order valence-corrected chi connectivity index (χ3v) is 3.25. The van der Waals surface area contributed by atoms with Gasteiger partial charge in [0.15, 0.2) is 0 Å². The van der Waals surface area contributed by atoms with Crippen molar-refractivity contribution in [3.63, 3.8) is 0 Å². The van der Waals surface area contributed by atoms with E-state index >= 15 is 0 Å². The van der Waals surface area contributed by atoms with Gasteiger partial charge in [-0.2, -0.15) is 13.2 Å². The second-order valence-electron chi connectivity index (χ2n) is 4.05. The summed E-state index contributed by atoms with van der Waals surface area (Å²) in [6.07, 6.45) is -4.74. The van der Waals surface area contributed by atoms with Crippen LogP contribution in [0.4, 0.5) is 13.2 Å². The van der Waals surface area contributed by atoms with Crippen LogP contribution >= 0.6 is 12.6 Å². The molecule has 1 N–H and O–H groups in total. The quantitative estimate of drug-likeness (QED) is 0.808. The minimum atomic E-state index is -4.74. The Hall–Kier alpha value is -1.95. The van der Waals surface area contributed by atoms with Crippen LogP contribution in [0.5, 0.6) is 0 Å². The summed E-state index contributed by atoms with van der Waals surface area (Å²) >= 11 is 3.98. The van der Waals surface area contributed by atoms with Crippen LogP contribution in [0.3, 0.4) is 0 Å². The molecule has 0 radical (unpaired) electrons. The fraction of sp³-hybridized carbons (Fsp3) is 0.0714. The number of alkyl halides is 3. The van der Waals surface area contributed by atoms with Gasteiger partial charge in [-0.3, -0.25) is 0 Å². The van der Waals surface area contributed by atoms with Crippen molar-refractivity contribution in [3.05, 3.63) is 53.6 Å². The molecule has 6 heteroatoms. The summed E-state index contributed by atoms with van der Waals surface area (Å²) in [4.78, 5) is 10.9. The highest BCUT2D eigenvalue weighted by molar-refractivity contribution is 7.80. The molecule has 0 fully saturated rings. The van der Waals surface area contributed by atoms with Crippen molar-refractivity contribution in [2.24, 2.45) is 0 Å². The average Bonchev–Trinajstić information content (AvgIpc) is 2.37. The summed E-state index contributed by atoms with van der Waals surface area (Å²) in [7, 11) is 0. The molecule has 20 heavy (non-hydrogen) atoms. The van der Waals surface area contributed by atoms with E-state index in [1.165, 1.54) is 6.07 Å². The Morgan fingerprint density at radius 1 is 1.05 bits per heavy atom. The standard InChI is InChI=1S/C14H9F3O2S/c15-14(16,17)10-7-6-9(8-4-2-1-3-5-8)12(20)11(10)13(18)19/h1-7,20H,(H,18,19). The summed E-state index contributed by atoms with van der Waals surface area (Å²) in [6, 6.07) is 10.5. The van der Waals surface area contributed by atoms with Gasteiger partial charge in [-0.1, -0.05) is 36.4 Å². The second kappa shape index (κ2) is 5.20. The molecule has 2 rings (SSSR count). The number of hydrogen-bond donors (Lipinski definition) is 2. The highest BCUT2D eigenvalue weighted by Gasteiger charge is 2.36. The Balaban J connectivity index is 2.71. The van der Waals surface area contributed by atoms with Crippen LogP contribution in [0.15, 0.2) is 47.4 Å². The van der Waals surface area contributed by atoms with Gasteiger partial charge in [0.2, 0.25) is 0 Å². The lowest BCUT2D eigenvalue weighted by Crippen LogP contribution is -2.14. The van der Waals surface area contributed by atoms with Gasteiger partial charge in [0, 0.05) is 4.90 Å². The third-order valence-electron chi connectivity index (χ3n) is 2.78. The van der Waals surface area contributed by atoms with Crippen LogP contribution in [-0.2, 0) is 6.18 Å². The molecule has 2 aromatic rings. The highest BCUT2D eigenvalue weighted by Crippen LogP contribution is 2.38. The maximum atomic E-state index is 12.8. The Labute approximate surface area is 118 Å². The van der Waals surface area contributed by atoms with E-state index in [4.69, 9.17) is 5.11 Å². The fourth-order valence-corrected chi connectivity index (χ4v) is 2.31. The number of rotatable bonds is 2. The van der Waals surface area contributed by atoms with Gasteiger partial charge < -0.3 is 5.11 Å². The molecule has 0 unspecified atom stereocenters. The first-order chi connectivity index (χ1) is 9.32. The van der Waals surface area contributed by atoms with Crippen LogP contribution in [-0.4, -0.2) is 11.1 Å². The van der Waals surface area contributed by atoms with Crippen molar-refractivity contribution >= 4 is 18.6 Å². The first-order valence-corrected chi connectivity index (χ1v) is 5.99. The van der Waals surface area contributed by atoms with E-state index in [0.29, 0.717) is 11.1 Å². The summed E-state index contributed by atoms with van der Waals surface area (Å²) in [6.45, 7) is 0. The molecule has 0 spiro atoms. The first kappa shape index (κ1) is 14.5. The maximum Gasteiger partial charge on any atom is 0.417 e. The molecule has 0 aliphatic carbocycles. The molecule has 0 aromatic heterocycles. The zero-order chi connectivity index (χ0) is 14.9. The van der Waals surface area contributed by atoms with Crippen molar-refractivity contribution in [2.45, 2.75) is 11.1 Å². The minimum Gasteiger partial charge on any atom is -0.478 e. The summed E-state index contributed by atoms with van der Waals surface area (Å²) < 4.78 is 38.5. The molecule has 0 aliphatic heterocycles. The SMILES string of the molecule is O=C(O)c1c(C(F)(F)F)ccc(-c2ccccc2)c1S. The Morgan fingerprint density at radius 2 is 1.65 bits per heavy atom. The van der Waals surface area contributed by atoms with Crippen molar-refractivity contribution in [1.29, 1.82) is 0 Å². The monoisotopic (exact) mass is 298 g/mol. The minimum absolute atomic E-state index is 0.196. The number of carbonyl (C=O) groups is 1. The van der Waals surface area contributed by atoms with Crippen LogP contribution in [0, 0.1) is 0 Å². The molecule has 104 valence electrons. The summed E-state index contributed by atoms with van der Waals surface area (Å²) in [5.74, 6) is -1.65. The molecule has 0 aliphatic rings. The van der Waals surface area contributed by atoms with E-state index in [-0.39, 0.29) is 4.90 Å². The molecule has 0 atom stereocenters. The Morgan fingerprint density at radius 3 is 2.15 bits per heavy atom. The second-order valence-corrected chi connectivity index (χ2v) is 4.50. The van der Waals surface area contributed by atoms with Gasteiger partial charge in [0.25, 0.3) is 0 Å². The third kappa shape index (κ3) is 2.65. The lowest BCUT2D eigenvalue weighted by atomic mass is 9.98. The van der Waals surface area contributed by atoms with Crippen LogP contribution < -0.4 is 0 Å². The lowest BCUT2D eigenvalue weighted by Gasteiger charge is -2.15. The number of hydrogen-bond acceptors (Lipinski definition) is 2. The first-order valence-electron chi connectivity index (χ1n) is 5.54.